The van der Waals surface area contributed by atoms with E-state index in [4.69, 9.17) is 9.15 Å². The molecule has 0 spiro atoms. The number of nitrogens with zero attached hydrogens (tertiary/aromatic N) is 3. The van der Waals surface area contributed by atoms with E-state index in [9.17, 15) is 4.79 Å². The highest BCUT2D eigenvalue weighted by Crippen LogP contribution is 2.15. The fourth-order valence-corrected chi connectivity index (χ4v) is 2.30. The van der Waals surface area contributed by atoms with Crippen LogP contribution in [-0.2, 0) is 17.8 Å². The molecule has 2 heterocycles. The molecular formula is C21H31N5O3. The zero-order valence-electron chi connectivity index (χ0n) is 17.9. The number of aliphatic imine (C=N–C) groups is 1. The second-order valence-corrected chi connectivity index (χ2v) is 7.78. The van der Waals surface area contributed by atoms with Gasteiger partial charge in [0.15, 0.2) is 5.96 Å². The molecule has 0 aliphatic heterocycles. The topological polar surface area (TPSA) is 92.0 Å². The van der Waals surface area contributed by atoms with Gasteiger partial charge < -0.3 is 24.7 Å². The molecule has 2 rings (SSSR count). The summed E-state index contributed by atoms with van der Waals surface area (Å²) in [6, 6.07) is 7.55. The van der Waals surface area contributed by atoms with Crippen LogP contribution < -0.4 is 15.4 Å². The average molecular weight is 402 g/mol. The summed E-state index contributed by atoms with van der Waals surface area (Å²) in [7, 11) is 3.44. The number of hydrogen-bond acceptors (Lipinski definition) is 5. The molecule has 0 aliphatic carbocycles. The van der Waals surface area contributed by atoms with Crippen LogP contribution in [0.15, 0.2) is 46.1 Å². The smallest absolute Gasteiger partial charge is 0.241 e. The monoisotopic (exact) mass is 401 g/mol. The Balaban J connectivity index is 1.95. The predicted molar refractivity (Wildman–Crippen MR) is 113 cm³/mol. The zero-order valence-corrected chi connectivity index (χ0v) is 17.9. The third-order valence-corrected chi connectivity index (χ3v) is 3.78. The van der Waals surface area contributed by atoms with Gasteiger partial charge in [0, 0.05) is 39.3 Å². The van der Waals surface area contributed by atoms with Crippen molar-refractivity contribution in [2.45, 2.75) is 39.3 Å². The molecule has 2 aromatic rings. The summed E-state index contributed by atoms with van der Waals surface area (Å²) >= 11 is 0. The van der Waals surface area contributed by atoms with E-state index < -0.39 is 0 Å². The summed E-state index contributed by atoms with van der Waals surface area (Å²) in [4.78, 5) is 22.3. The number of ether oxygens (including phenoxy) is 1. The van der Waals surface area contributed by atoms with Crippen molar-refractivity contribution in [2.24, 2.45) is 4.99 Å². The van der Waals surface area contributed by atoms with Gasteiger partial charge in [0.1, 0.15) is 11.4 Å². The van der Waals surface area contributed by atoms with Crippen LogP contribution in [0.5, 0.6) is 5.88 Å². The number of furan rings is 1. The number of nitrogens with one attached hydrogen (secondary N) is 2. The van der Waals surface area contributed by atoms with Crippen LogP contribution in [0, 0.1) is 0 Å². The Kier molecular flexibility index (Phi) is 8.06. The van der Waals surface area contributed by atoms with Gasteiger partial charge in [-0.1, -0.05) is 6.07 Å². The van der Waals surface area contributed by atoms with Gasteiger partial charge in [-0.05, 0) is 38.5 Å². The maximum atomic E-state index is 11.9. The van der Waals surface area contributed by atoms with Gasteiger partial charge >= 0.3 is 0 Å². The first-order valence-corrected chi connectivity index (χ1v) is 9.61. The molecule has 29 heavy (non-hydrogen) atoms. The number of rotatable bonds is 8. The standard InChI is InChI=1S/C21H31N5O3/c1-21(2,3)29-18-9-8-16(13-23-18)14-24-20(25-15-19(27)26(4)5)22-11-10-17-7-6-12-28-17/h6-9,12-13H,10-11,14-15H2,1-5H3,(H2,22,24,25). The van der Waals surface area contributed by atoms with Gasteiger partial charge in [-0.25, -0.2) is 9.98 Å². The minimum absolute atomic E-state index is 0.0316. The van der Waals surface area contributed by atoms with Crippen molar-refractivity contribution in [1.29, 1.82) is 0 Å². The Morgan fingerprint density at radius 1 is 1.24 bits per heavy atom. The molecule has 0 aromatic carbocycles. The third kappa shape index (κ3) is 8.68. The van der Waals surface area contributed by atoms with E-state index in [1.807, 2.05) is 45.0 Å². The van der Waals surface area contributed by atoms with Gasteiger partial charge in [-0.3, -0.25) is 4.79 Å². The molecule has 0 fully saturated rings. The van der Waals surface area contributed by atoms with Crippen LogP contribution in [0.4, 0.5) is 0 Å². The SMILES string of the molecule is CN(C)C(=O)CNC(=NCc1ccc(OC(C)(C)C)nc1)NCCc1ccco1. The fraction of sp³-hybridized carbons (Fsp3) is 0.476. The lowest BCUT2D eigenvalue weighted by atomic mass is 10.2. The summed E-state index contributed by atoms with van der Waals surface area (Å²) < 4.78 is 11.1. The number of carbonyl (C=O) groups is 1. The second-order valence-electron chi connectivity index (χ2n) is 7.78. The number of guanidine groups is 1. The molecular weight excluding hydrogens is 370 g/mol. The zero-order chi connectivity index (χ0) is 21.3. The Morgan fingerprint density at radius 3 is 2.62 bits per heavy atom. The van der Waals surface area contributed by atoms with Crippen LogP contribution in [0.1, 0.15) is 32.1 Å². The average Bonchev–Trinajstić information content (AvgIpc) is 3.16. The lowest BCUT2D eigenvalue weighted by Crippen LogP contribution is -2.43. The van der Waals surface area contributed by atoms with E-state index in [0.717, 1.165) is 17.7 Å². The molecule has 0 aliphatic rings. The molecule has 8 heteroatoms. The molecule has 0 saturated carbocycles. The maximum absolute atomic E-state index is 11.9. The minimum atomic E-state index is -0.291. The van der Waals surface area contributed by atoms with Crippen molar-refractivity contribution in [3.63, 3.8) is 0 Å². The van der Waals surface area contributed by atoms with Gasteiger partial charge in [0.25, 0.3) is 0 Å². The molecule has 8 nitrogen and oxygen atoms in total. The Labute approximate surface area is 172 Å². The van der Waals surface area contributed by atoms with Crippen molar-refractivity contribution in [3.05, 3.63) is 48.0 Å². The van der Waals surface area contributed by atoms with E-state index in [1.54, 1.807) is 26.6 Å². The lowest BCUT2D eigenvalue weighted by Gasteiger charge is -2.20. The first-order chi connectivity index (χ1) is 13.7. The van der Waals surface area contributed by atoms with Gasteiger partial charge in [0.2, 0.25) is 11.8 Å². The van der Waals surface area contributed by atoms with E-state index in [-0.39, 0.29) is 18.1 Å². The van der Waals surface area contributed by atoms with Crippen molar-refractivity contribution in [1.82, 2.24) is 20.5 Å². The number of amides is 1. The minimum Gasteiger partial charge on any atom is -0.472 e. The summed E-state index contributed by atoms with van der Waals surface area (Å²) in [6.07, 6.45) is 4.12. The Hall–Kier alpha value is -3.03. The molecule has 158 valence electrons. The summed E-state index contributed by atoms with van der Waals surface area (Å²) in [6.45, 7) is 7.16. The highest BCUT2D eigenvalue weighted by Gasteiger charge is 2.12. The van der Waals surface area contributed by atoms with Crippen LogP contribution >= 0.6 is 0 Å². The molecule has 2 N–H and O–H groups in total. The number of likely N-dealkylation sites (N-methyl/N-ethyl adjacent to an activating group) is 1. The molecule has 0 atom stereocenters. The number of aromatic nitrogens is 1. The van der Waals surface area contributed by atoms with Crippen molar-refractivity contribution in [2.75, 3.05) is 27.2 Å². The molecule has 0 bridgehead atoms. The third-order valence-electron chi connectivity index (χ3n) is 3.78. The molecule has 0 radical (unpaired) electrons. The molecule has 2 aromatic heterocycles. The van der Waals surface area contributed by atoms with E-state index in [2.05, 4.69) is 20.6 Å². The van der Waals surface area contributed by atoms with Gasteiger partial charge in [0.05, 0.1) is 19.4 Å². The first-order valence-electron chi connectivity index (χ1n) is 9.61. The van der Waals surface area contributed by atoms with Crippen molar-refractivity contribution in [3.8, 4) is 5.88 Å². The van der Waals surface area contributed by atoms with Crippen LogP contribution in [0.25, 0.3) is 0 Å². The number of carbonyl (C=O) groups excluding carboxylic acids is 1. The molecule has 1 amide bonds. The number of pyridine rings is 1. The number of hydrogen-bond donors (Lipinski definition) is 2. The van der Waals surface area contributed by atoms with Crippen molar-refractivity contribution >= 4 is 11.9 Å². The van der Waals surface area contributed by atoms with Crippen LogP contribution in [0.3, 0.4) is 0 Å². The summed E-state index contributed by atoms with van der Waals surface area (Å²) in [5.74, 6) is 1.99. The predicted octanol–water partition coefficient (Wildman–Crippen LogP) is 2.22. The van der Waals surface area contributed by atoms with E-state index in [0.29, 0.717) is 24.9 Å². The fourth-order valence-electron chi connectivity index (χ4n) is 2.30. The van der Waals surface area contributed by atoms with Crippen molar-refractivity contribution < 1.29 is 13.9 Å². The second kappa shape index (κ2) is 10.5. The lowest BCUT2D eigenvalue weighted by molar-refractivity contribution is -0.127. The Bertz CT molecular complexity index is 778. The normalized spacial score (nSPS) is 11.8. The highest BCUT2D eigenvalue weighted by atomic mass is 16.5. The highest BCUT2D eigenvalue weighted by molar-refractivity contribution is 5.86. The molecule has 0 saturated heterocycles. The maximum Gasteiger partial charge on any atom is 0.241 e. The van der Waals surface area contributed by atoms with Gasteiger partial charge in [-0.15, -0.1) is 0 Å². The van der Waals surface area contributed by atoms with Crippen LogP contribution in [-0.4, -0.2) is 54.5 Å². The Morgan fingerprint density at radius 2 is 2.03 bits per heavy atom. The van der Waals surface area contributed by atoms with Crippen LogP contribution in [0.2, 0.25) is 0 Å². The quantitative estimate of drug-likeness (QED) is 0.521. The molecule has 0 unspecified atom stereocenters. The largest absolute Gasteiger partial charge is 0.472 e. The summed E-state index contributed by atoms with van der Waals surface area (Å²) in [5.41, 5.74) is 0.651. The summed E-state index contributed by atoms with van der Waals surface area (Å²) in [5, 5.41) is 6.29. The first kappa shape index (κ1) is 22.3. The van der Waals surface area contributed by atoms with E-state index >= 15 is 0 Å². The van der Waals surface area contributed by atoms with E-state index in [1.165, 1.54) is 4.90 Å². The van der Waals surface area contributed by atoms with Gasteiger partial charge in [-0.2, -0.15) is 0 Å².